The van der Waals surface area contributed by atoms with Gasteiger partial charge in [-0.2, -0.15) is 5.10 Å². The average molecular weight is 337 g/mol. The Kier molecular flexibility index (Phi) is 3.66. The molecule has 124 valence electrons. The highest BCUT2D eigenvalue weighted by Gasteiger charge is 2.51. The van der Waals surface area contributed by atoms with Crippen molar-refractivity contribution >= 4 is 17.3 Å². The number of aryl methyl sites for hydroxylation is 1. The van der Waals surface area contributed by atoms with Crippen molar-refractivity contribution in [2.75, 3.05) is 5.23 Å². The first-order valence-corrected chi connectivity index (χ1v) is 7.86. The molecule has 1 aliphatic rings. The predicted octanol–water partition coefficient (Wildman–Crippen LogP) is 3.78. The number of nitrogens with zero attached hydrogens (tertiary/aromatic N) is 4. The highest BCUT2D eigenvalue weighted by molar-refractivity contribution is 6.32. The van der Waals surface area contributed by atoms with E-state index in [1.165, 1.54) is 5.23 Å². The summed E-state index contributed by atoms with van der Waals surface area (Å²) in [5.74, 6) is 0. The Hall–Kier alpha value is -1.63. The number of hydrogen-bond acceptors (Lipinski definition) is 5. The Morgan fingerprint density at radius 2 is 1.70 bits per heavy atom. The molecule has 6 nitrogen and oxygen atoms in total. The molecule has 0 aliphatic carbocycles. The summed E-state index contributed by atoms with van der Waals surface area (Å²) in [6, 6.07) is 1.82. The molecule has 7 heteroatoms. The summed E-state index contributed by atoms with van der Waals surface area (Å²) < 4.78 is 1.78. The van der Waals surface area contributed by atoms with E-state index in [1.807, 2.05) is 47.6 Å². The van der Waals surface area contributed by atoms with E-state index in [-0.39, 0.29) is 0 Å². The molecule has 3 heterocycles. The van der Waals surface area contributed by atoms with Gasteiger partial charge in [0.25, 0.3) is 0 Å². The summed E-state index contributed by atoms with van der Waals surface area (Å²) in [5, 5.41) is 6.60. The van der Waals surface area contributed by atoms with E-state index in [2.05, 4.69) is 10.1 Å². The second-order valence-electron chi connectivity index (χ2n) is 6.72. The lowest BCUT2D eigenvalue weighted by atomic mass is 9.90. The third-order valence-corrected chi connectivity index (χ3v) is 4.78. The summed E-state index contributed by atoms with van der Waals surface area (Å²) in [7, 11) is 0. The van der Waals surface area contributed by atoms with E-state index in [0.717, 1.165) is 22.8 Å². The summed E-state index contributed by atoms with van der Waals surface area (Å²) in [6.07, 6.45) is 3.29. The second kappa shape index (κ2) is 5.19. The molecular formula is C16H21ClN4O2. The van der Waals surface area contributed by atoms with Gasteiger partial charge in [-0.1, -0.05) is 11.6 Å². The molecule has 2 aromatic rings. The Bertz CT molecular complexity index is 739. The van der Waals surface area contributed by atoms with Gasteiger partial charge in [0, 0.05) is 12.4 Å². The third kappa shape index (κ3) is 2.51. The largest absolute Gasteiger partial charge is 0.263 e. The highest BCUT2D eigenvalue weighted by Crippen LogP contribution is 2.42. The molecule has 0 saturated carbocycles. The van der Waals surface area contributed by atoms with Gasteiger partial charge in [0.05, 0.1) is 22.1 Å². The Morgan fingerprint density at radius 3 is 2.26 bits per heavy atom. The van der Waals surface area contributed by atoms with E-state index < -0.39 is 11.2 Å². The smallest absolute Gasteiger partial charge is 0.139 e. The van der Waals surface area contributed by atoms with E-state index in [9.17, 15) is 0 Å². The first-order valence-electron chi connectivity index (χ1n) is 7.48. The van der Waals surface area contributed by atoms with Gasteiger partial charge in [-0.15, -0.1) is 5.23 Å². The third-order valence-electron chi connectivity index (χ3n) is 4.49. The molecule has 0 bridgehead atoms. The lowest BCUT2D eigenvalue weighted by Gasteiger charge is -2.26. The Balaban J connectivity index is 2.05. The zero-order valence-electron chi connectivity index (χ0n) is 14.2. The monoisotopic (exact) mass is 336 g/mol. The number of halogens is 1. The minimum atomic E-state index is -0.456. The minimum Gasteiger partial charge on any atom is -0.263 e. The van der Waals surface area contributed by atoms with Crippen molar-refractivity contribution in [1.29, 1.82) is 0 Å². The summed E-state index contributed by atoms with van der Waals surface area (Å²) in [5.41, 5.74) is 2.32. The molecule has 0 aromatic carbocycles. The van der Waals surface area contributed by atoms with Crippen molar-refractivity contribution in [3.8, 4) is 5.69 Å². The van der Waals surface area contributed by atoms with Crippen LogP contribution in [0.1, 0.15) is 39.1 Å². The van der Waals surface area contributed by atoms with Gasteiger partial charge >= 0.3 is 0 Å². The normalized spacial score (nSPS) is 19.3. The summed E-state index contributed by atoms with van der Waals surface area (Å²) in [6.45, 7) is 11.9. The van der Waals surface area contributed by atoms with E-state index >= 15 is 0 Å². The van der Waals surface area contributed by atoms with E-state index in [4.69, 9.17) is 21.3 Å². The molecule has 0 spiro atoms. The number of aromatic nitrogens is 3. The molecule has 1 saturated heterocycles. The zero-order valence-corrected chi connectivity index (χ0v) is 15.0. The van der Waals surface area contributed by atoms with Crippen LogP contribution in [-0.4, -0.2) is 26.0 Å². The van der Waals surface area contributed by atoms with Crippen LogP contribution < -0.4 is 5.23 Å². The lowest BCUT2D eigenvalue weighted by Crippen LogP contribution is -2.41. The van der Waals surface area contributed by atoms with Gasteiger partial charge in [0.15, 0.2) is 0 Å². The first kappa shape index (κ1) is 16.2. The van der Waals surface area contributed by atoms with Crippen LogP contribution >= 0.6 is 11.6 Å². The summed E-state index contributed by atoms with van der Waals surface area (Å²) >= 11 is 6.24. The van der Waals surface area contributed by atoms with Gasteiger partial charge in [-0.05, 0) is 47.6 Å². The van der Waals surface area contributed by atoms with Crippen molar-refractivity contribution in [2.45, 2.75) is 52.7 Å². The Morgan fingerprint density at radius 1 is 1.09 bits per heavy atom. The van der Waals surface area contributed by atoms with Crippen molar-refractivity contribution in [3.05, 3.63) is 34.9 Å². The van der Waals surface area contributed by atoms with Crippen LogP contribution in [0.4, 0.5) is 5.69 Å². The molecule has 23 heavy (non-hydrogen) atoms. The maximum atomic E-state index is 6.24. The maximum Gasteiger partial charge on any atom is 0.139 e. The first-order chi connectivity index (χ1) is 10.6. The van der Waals surface area contributed by atoms with Crippen LogP contribution in [0.15, 0.2) is 18.5 Å². The van der Waals surface area contributed by atoms with Crippen molar-refractivity contribution in [1.82, 2.24) is 14.8 Å². The van der Waals surface area contributed by atoms with Crippen LogP contribution in [0.5, 0.6) is 0 Å². The molecule has 0 amide bonds. The molecule has 1 fully saturated rings. The van der Waals surface area contributed by atoms with E-state index in [1.54, 1.807) is 17.1 Å². The second-order valence-corrected chi connectivity index (χ2v) is 7.13. The highest BCUT2D eigenvalue weighted by atomic mass is 35.5. The molecule has 0 unspecified atom stereocenters. The van der Waals surface area contributed by atoms with Crippen molar-refractivity contribution < 1.29 is 9.68 Å². The number of rotatable bonds is 2. The zero-order chi connectivity index (χ0) is 17.0. The van der Waals surface area contributed by atoms with E-state index in [0.29, 0.717) is 5.02 Å². The topological polar surface area (TPSA) is 52.4 Å². The maximum absolute atomic E-state index is 6.24. The van der Waals surface area contributed by atoms with Crippen LogP contribution in [0.2, 0.25) is 5.02 Å². The van der Waals surface area contributed by atoms with Gasteiger partial charge in [-0.3, -0.25) is 4.98 Å². The standard InChI is InChI=1S/C16H21ClN4O2/c1-10-14(21-22-15(3,4)16(5,6)23-21)11(2)20(19-10)13-7-8-18-9-12(13)17/h7-9H,1-6H3. The fourth-order valence-electron chi connectivity index (χ4n) is 2.42. The van der Waals surface area contributed by atoms with Gasteiger partial charge in [-0.25, -0.2) is 14.4 Å². The number of pyridine rings is 1. The Labute approximate surface area is 140 Å². The van der Waals surface area contributed by atoms with Crippen LogP contribution in [0.3, 0.4) is 0 Å². The fourth-order valence-corrected chi connectivity index (χ4v) is 2.62. The SMILES string of the molecule is Cc1nn(-c2ccncc2Cl)c(C)c1N1OC(C)(C)C(C)(C)O1. The number of hydrogen-bond donors (Lipinski definition) is 0. The minimum absolute atomic E-state index is 0.456. The predicted molar refractivity (Wildman–Crippen MR) is 88.7 cm³/mol. The van der Waals surface area contributed by atoms with Crippen molar-refractivity contribution in [3.63, 3.8) is 0 Å². The van der Waals surface area contributed by atoms with Gasteiger partial charge in [0.1, 0.15) is 16.9 Å². The molecule has 1 aliphatic heterocycles. The molecule has 0 radical (unpaired) electrons. The van der Waals surface area contributed by atoms with Gasteiger partial charge < -0.3 is 0 Å². The van der Waals surface area contributed by atoms with Gasteiger partial charge in [0.2, 0.25) is 0 Å². The van der Waals surface area contributed by atoms with Crippen molar-refractivity contribution in [2.24, 2.45) is 0 Å². The lowest BCUT2D eigenvalue weighted by molar-refractivity contribution is -0.0278. The fraction of sp³-hybridized carbons (Fsp3) is 0.500. The van der Waals surface area contributed by atoms with Crippen LogP contribution in [-0.2, 0) is 9.68 Å². The molecule has 3 rings (SSSR count). The molecule has 2 aromatic heterocycles. The molecular weight excluding hydrogens is 316 g/mol. The van der Waals surface area contributed by atoms with Crippen LogP contribution in [0, 0.1) is 13.8 Å². The average Bonchev–Trinajstić information content (AvgIpc) is 2.83. The molecule has 0 N–H and O–H groups in total. The quantitative estimate of drug-likeness (QED) is 0.835. The van der Waals surface area contributed by atoms with Crippen LogP contribution in [0.25, 0.3) is 5.69 Å². The molecule has 0 atom stereocenters. The number of anilines is 1. The summed E-state index contributed by atoms with van der Waals surface area (Å²) in [4.78, 5) is 16.0.